The van der Waals surface area contributed by atoms with Gasteiger partial charge in [0, 0.05) is 19.2 Å². The van der Waals surface area contributed by atoms with Crippen molar-refractivity contribution in [3.05, 3.63) is 39.4 Å². The number of benzene rings is 1. The van der Waals surface area contributed by atoms with Crippen LogP contribution in [0.15, 0.2) is 18.2 Å². The molecule has 10 heteroatoms. The van der Waals surface area contributed by atoms with Gasteiger partial charge in [-0.1, -0.05) is 33.8 Å². The molecule has 0 saturated carbocycles. The van der Waals surface area contributed by atoms with Gasteiger partial charge in [0.2, 0.25) is 0 Å². The average Bonchev–Trinajstić information content (AvgIpc) is 2.89. The maximum absolute atomic E-state index is 12.5. The van der Waals surface area contributed by atoms with E-state index in [2.05, 4.69) is 0 Å². The van der Waals surface area contributed by atoms with Gasteiger partial charge < -0.3 is 9.64 Å². The van der Waals surface area contributed by atoms with Crippen LogP contribution in [-0.2, 0) is 14.3 Å². The highest BCUT2D eigenvalue weighted by atomic mass is 16.6. The molecule has 0 spiro atoms. The Balaban J connectivity index is 2.02. The van der Waals surface area contributed by atoms with Crippen molar-refractivity contribution in [2.24, 2.45) is 11.8 Å². The van der Waals surface area contributed by atoms with Crippen LogP contribution < -0.4 is 0 Å². The number of ether oxygens (including phenoxy) is 1. The van der Waals surface area contributed by atoms with Crippen molar-refractivity contribution in [3.63, 3.8) is 0 Å². The molecule has 0 atom stereocenters. The van der Waals surface area contributed by atoms with Gasteiger partial charge in [-0.2, -0.15) is 0 Å². The van der Waals surface area contributed by atoms with Crippen molar-refractivity contribution in [2.75, 3.05) is 26.2 Å². The molecule has 0 radical (unpaired) electrons. The maximum Gasteiger partial charge on any atom is 0.326 e. The molecule has 1 aliphatic heterocycles. The second-order valence-electron chi connectivity index (χ2n) is 7.90. The summed E-state index contributed by atoms with van der Waals surface area (Å²) in [4.78, 5) is 62.0. The third-order valence-electron chi connectivity index (χ3n) is 4.34. The van der Waals surface area contributed by atoms with Crippen molar-refractivity contribution >= 4 is 29.4 Å². The summed E-state index contributed by atoms with van der Waals surface area (Å²) in [7, 11) is 0. The van der Waals surface area contributed by atoms with E-state index >= 15 is 0 Å². The molecule has 2 rings (SSSR count). The summed E-state index contributed by atoms with van der Waals surface area (Å²) in [5, 5.41) is 11.1. The summed E-state index contributed by atoms with van der Waals surface area (Å²) in [5.74, 6) is -2.61. The van der Waals surface area contributed by atoms with Crippen LogP contribution in [0, 0.1) is 22.0 Å². The monoisotopic (exact) mass is 419 g/mol. The van der Waals surface area contributed by atoms with Gasteiger partial charge in [0.1, 0.15) is 12.1 Å². The number of hydrogen-bond donors (Lipinski definition) is 0. The third kappa shape index (κ3) is 5.19. The summed E-state index contributed by atoms with van der Waals surface area (Å²) in [6, 6.07) is 3.69. The molecule has 0 N–H and O–H groups in total. The topological polar surface area (TPSA) is 127 Å². The molecule has 3 amide bonds. The Hall–Kier alpha value is -3.30. The third-order valence-corrected chi connectivity index (χ3v) is 4.34. The Morgan fingerprint density at radius 3 is 2.23 bits per heavy atom. The van der Waals surface area contributed by atoms with E-state index in [0.717, 1.165) is 6.07 Å². The number of nitro groups is 1. The Labute approximate surface area is 173 Å². The quantitative estimate of drug-likeness (QED) is 0.259. The number of carbonyl (C=O) groups excluding carboxylic acids is 4. The Morgan fingerprint density at radius 2 is 1.70 bits per heavy atom. The molecule has 1 heterocycles. The van der Waals surface area contributed by atoms with Crippen LogP contribution >= 0.6 is 0 Å². The molecular formula is C20H25N3O7. The first-order valence-electron chi connectivity index (χ1n) is 9.59. The van der Waals surface area contributed by atoms with Crippen LogP contribution in [-0.4, -0.2) is 64.7 Å². The van der Waals surface area contributed by atoms with E-state index in [1.54, 1.807) is 4.90 Å². The number of nitrogens with zero attached hydrogens (tertiary/aromatic N) is 3. The molecule has 0 bridgehead atoms. The molecule has 10 nitrogen and oxygen atoms in total. The lowest BCUT2D eigenvalue weighted by atomic mass is 10.1. The molecule has 162 valence electrons. The van der Waals surface area contributed by atoms with E-state index in [1.807, 2.05) is 27.7 Å². The molecule has 0 fully saturated rings. The molecule has 0 saturated heterocycles. The highest BCUT2D eigenvalue weighted by Gasteiger charge is 2.42. The van der Waals surface area contributed by atoms with Crippen molar-refractivity contribution in [3.8, 4) is 0 Å². The number of imide groups is 1. The summed E-state index contributed by atoms with van der Waals surface area (Å²) >= 11 is 0. The van der Waals surface area contributed by atoms with Crippen molar-refractivity contribution in [1.82, 2.24) is 9.80 Å². The molecule has 0 aromatic heterocycles. The predicted octanol–water partition coefficient (Wildman–Crippen LogP) is 1.87. The smallest absolute Gasteiger partial charge is 0.326 e. The van der Waals surface area contributed by atoms with Gasteiger partial charge in [-0.3, -0.25) is 34.2 Å². The van der Waals surface area contributed by atoms with E-state index in [-0.39, 0.29) is 28.9 Å². The average molecular weight is 419 g/mol. The second kappa shape index (κ2) is 9.47. The molecule has 1 aromatic carbocycles. The van der Waals surface area contributed by atoms with E-state index in [1.165, 1.54) is 12.1 Å². The Kier molecular flexibility index (Phi) is 7.25. The van der Waals surface area contributed by atoms with Crippen molar-refractivity contribution in [2.45, 2.75) is 27.7 Å². The Bertz CT molecular complexity index is 869. The van der Waals surface area contributed by atoms with Crippen LogP contribution in [0.25, 0.3) is 0 Å². The zero-order chi connectivity index (χ0) is 22.6. The fourth-order valence-corrected chi connectivity index (χ4v) is 3.18. The zero-order valence-corrected chi connectivity index (χ0v) is 17.4. The number of esters is 1. The summed E-state index contributed by atoms with van der Waals surface area (Å²) in [6.45, 7) is 7.64. The van der Waals surface area contributed by atoms with Crippen LogP contribution in [0.3, 0.4) is 0 Å². The van der Waals surface area contributed by atoms with E-state index in [9.17, 15) is 29.3 Å². The van der Waals surface area contributed by atoms with Crippen LogP contribution in [0.1, 0.15) is 48.4 Å². The summed E-state index contributed by atoms with van der Waals surface area (Å²) in [5.41, 5.74) is -0.996. The molecule has 1 aromatic rings. The van der Waals surface area contributed by atoms with Crippen LogP contribution in [0.4, 0.5) is 5.69 Å². The molecular weight excluding hydrogens is 394 g/mol. The molecule has 1 aliphatic rings. The van der Waals surface area contributed by atoms with Gasteiger partial charge in [0.25, 0.3) is 23.4 Å². The number of carbonyl (C=O) groups is 4. The minimum absolute atomic E-state index is 0.141. The first-order valence-corrected chi connectivity index (χ1v) is 9.59. The van der Waals surface area contributed by atoms with Gasteiger partial charge in [-0.25, -0.2) is 0 Å². The standard InChI is InChI=1S/C20H25N3O7/c1-12(2)8-21(9-13(3)4)16(24)11-30-17(25)10-22-19(26)14-6-5-7-15(23(28)29)18(14)20(22)27/h5-7,12-13H,8-11H2,1-4H3. The van der Waals surface area contributed by atoms with E-state index in [0.29, 0.717) is 18.0 Å². The SMILES string of the molecule is CC(C)CN(CC(C)C)C(=O)COC(=O)CN1C(=O)c2cccc([N+](=O)[O-])c2C1=O. The summed E-state index contributed by atoms with van der Waals surface area (Å²) in [6.07, 6.45) is 0. The lowest BCUT2D eigenvalue weighted by molar-refractivity contribution is -0.385. The van der Waals surface area contributed by atoms with Gasteiger partial charge in [0.05, 0.1) is 10.5 Å². The largest absolute Gasteiger partial charge is 0.454 e. The lowest BCUT2D eigenvalue weighted by Gasteiger charge is -2.26. The zero-order valence-electron chi connectivity index (χ0n) is 17.4. The van der Waals surface area contributed by atoms with Crippen molar-refractivity contribution in [1.29, 1.82) is 0 Å². The Morgan fingerprint density at radius 1 is 1.10 bits per heavy atom. The number of amides is 3. The van der Waals surface area contributed by atoms with Gasteiger partial charge >= 0.3 is 5.97 Å². The second-order valence-corrected chi connectivity index (χ2v) is 7.90. The van der Waals surface area contributed by atoms with Crippen LogP contribution in [0.2, 0.25) is 0 Å². The number of rotatable bonds is 9. The first kappa shape index (κ1) is 23.0. The van der Waals surface area contributed by atoms with Crippen LogP contribution in [0.5, 0.6) is 0 Å². The highest BCUT2D eigenvalue weighted by Crippen LogP contribution is 2.30. The van der Waals surface area contributed by atoms with Gasteiger partial charge in [-0.05, 0) is 17.9 Å². The number of nitro benzene ring substituents is 1. The molecule has 0 unspecified atom stereocenters. The minimum atomic E-state index is -0.949. The van der Waals surface area contributed by atoms with E-state index < -0.39 is 41.5 Å². The fraction of sp³-hybridized carbons (Fsp3) is 0.500. The predicted molar refractivity (Wildman–Crippen MR) is 106 cm³/mol. The maximum atomic E-state index is 12.5. The number of fused-ring (bicyclic) bond motifs is 1. The minimum Gasteiger partial charge on any atom is -0.454 e. The summed E-state index contributed by atoms with van der Waals surface area (Å²) < 4.78 is 4.97. The highest BCUT2D eigenvalue weighted by molar-refractivity contribution is 6.24. The number of hydrogen-bond acceptors (Lipinski definition) is 7. The lowest BCUT2D eigenvalue weighted by Crippen LogP contribution is -2.41. The fourth-order valence-electron chi connectivity index (χ4n) is 3.18. The first-order chi connectivity index (χ1) is 14.0. The molecule has 0 aliphatic carbocycles. The normalized spacial score (nSPS) is 13.1. The molecule has 30 heavy (non-hydrogen) atoms. The van der Waals surface area contributed by atoms with Gasteiger partial charge in [-0.15, -0.1) is 0 Å². The van der Waals surface area contributed by atoms with Gasteiger partial charge in [0.15, 0.2) is 6.61 Å². The van der Waals surface area contributed by atoms with E-state index in [4.69, 9.17) is 4.74 Å². The van der Waals surface area contributed by atoms with Crippen molar-refractivity contribution < 1.29 is 28.8 Å².